The molecule has 0 saturated carbocycles. The number of carbonyl (C=O) groups excluding carboxylic acids is 5. The molecular formula is C28H46N4O8. The Bertz CT molecular complexity index is 997. The van der Waals surface area contributed by atoms with Crippen LogP contribution in [-0.4, -0.2) is 89.3 Å². The summed E-state index contributed by atoms with van der Waals surface area (Å²) in [4.78, 5) is 66.9. The van der Waals surface area contributed by atoms with Gasteiger partial charge in [0.2, 0.25) is 17.6 Å². The van der Waals surface area contributed by atoms with Gasteiger partial charge in [-0.1, -0.05) is 40.2 Å². The number of rotatable bonds is 10. The van der Waals surface area contributed by atoms with E-state index in [1.807, 2.05) is 6.92 Å². The second kappa shape index (κ2) is 12.7. The lowest BCUT2D eigenvalue weighted by atomic mass is 9.85. The van der Waals surface area contributed by atoms with Gasteiger partial charge in [-0.15, -0.1) is 6.58 Å². The molecule has 2 aliphatic heterocycles. The molecule has 12 nitrogen and oxygen atoms in total. The number of nitrogens with one attached hydrogen (secondary N) is 3. The maximum atomic E-state index is 14.0. The number of ketones is 1. The van der Waals surface area contributed by atoms with Crippen LogP contribution in [0.25, 0.3) is 0 Å². The fourth-order valence-electron chi connectivity index (χ4n) is 4.74. The Hall–Kier alpha value is -2.99. The minimum Gasteiger partial charge on any atom is -0.444 e. The fourth-order valence-corrected chi connectivity index (χ4v) is 4.74. The number of nitrogens with zero attached hydrogens (tertiary/aromatic N) is 1. The summed E-state index contributed by atoms with van der Waals surface area (Å²) in [5, 5.41) is 7.77. The quantitative estimate of drug-likeness (QED) is 0.267. The topological polar surface area (TPSA) is 152 Å². The number of Topliss-reactive ketones (excluding diaryl/α,β-unsaturated/α-hetero) is 1. The van der Waals surface area contributed by atoms with Gasteiger partial charge in [0, 0.05) is 6.54 Å². The van der Waals surface area contributed by atoms with Gasteiger partial charge in [-0.25, -0.2) is 4.79 Å². The van der Waals surface area contributed by atoms with E-state index in [2.05, 4.69) is 22.5 Å². The summed E-state index contributed by atoms with van der Waals surface area (Å²) < 4.78 is 17.4. The number of fused-ring (bicyclic) bond motifs is 1. The van der Waals surface area contributed by atoms with E-state index in [4.69, 9.17) is 14.2 Å². The monoisotopic (exact) mass is 566 g/mol. The highest BCUT2D eigenvalue weighted by molar-refractivity contribution is 6.38. The molecule has 2 saturated heterocycles. The first kappa shape index (κ1) is 33.2. The number of hydrogen-bond acceptors (Lipinski definition) is 8. The van der Waals surface area contributed by atoms with E-state index < -0.39 is 76.7 Å². The molecule has 4 amide bonds. The molecular weight excluding hydrogens is 520 g/mol. The zero-order valence-corrected chi connectivity index (χ0v) is 25.2. The lowest BCUT2D eigenvalue weighted by Gasteiger charge is -2.37. The Labute approximate surface area is 236 Å². The van der Waals surface area contributed by atoms with Crippen molar-refractivity contribution < 1.29 is 38.2 Å². The van der Waals surface area contributed by atoms with Gasteiger partial charge in [-0.3, -0.25) is 19.2 Å². The van der Waals surface area contributed by atoms with E-state index in [0.717, 1.165) is 0 Å². The molecule has 0 aliphatic carbocycles. The van der Waals surface area contributed by atoms with Crippen molar-refractivity contribution in [3.8, 4) is 0 Å². The smallest absolute Gasteiger partial charge is 0.408 e. The zero-order chi connectivity index (χ0) is 30.6. The van der Waals surface area contributed by atoms with E-state index in [-0.39, 0.29) is 19.5 Å². The third kappa shape index (κ3) is 8.50. The molecule has 5 atom stereocenters. The van der Waals surface area contributed by atoms with Crippen LogP contribution in [0.1, 0.15) is 75.2 Å². The average Bonchev–Trinajstić information content (AvgIpc) is 3.29. The third-order valence-corrected chi connectivity index (χ3v) is 6.41. The van der Waals surface area contributed by atoms with Crippen LogP contribution in [-0.2, 0) is 33.4 Å². The molecule has 0 bridgehead atoms. The van der Waals surface area contributed by atoms with Crippen LogP contribution < -0.4 is 16.0 Å². The number of likely N-dealkylation sites (tertiary alicyclic amines) is 1. The van der Waals surface area contributed by atoms with Crippen LogP contribution in [0.4, 0.5) is 4.79 Å². The normalized spacial score (nSPS) is 23.4. The Balaban J connectivity index is 2.38. The number of amides is 4. The number of hydrogen-bond donors (Lipinski definition) is 3. The standard InChI is InChI=1S/C28H46N4O8/c1-11-13-16(19(33)23(35)29-14-12-2)30-22(34)18-20-17(38-28(9,10)39-20)15-32(18)24(36)21(26(3,4)5)31-25(37)40-27(6,7)8/h12,16-18,20-21H,2,11,13-15H2,1,3-10H3,(H,29,35)(H,30,34)(H,31,37)/t16?,17-,18-,20-,21+/m0/s1. The molecule has 0 radical (unpaired) electrons. The largest absolute Gasteiger partial charge is 0.444 e. The SMILES string of the molecule is C=CCNC(=O)C(=O)C(CCC)NC(=O)[C@@H]1[C@H]2OC(C)(C)O[C@H]2CN1C(=O)[C@@H](NC(=O)OC(C)(C)C)C(C)(C)C. The van der Waals surface area contributed by atoms with Gasteiger partial charge < -0.3 is 35.1 Å². The van der Waals surface area contributed by atoms with Crippen molar-refractivity contribution in [2.45, 2.75) is 117 Å². The lowest BCUT2D eigenvalue weighted by Crippen LogP contribution is -2.61. The molecule has 2 aliphatic rings. The molecule has 2 rings (SSSR count). The number of carbonyl (C=O) groups is 5. The van der Waals surface area contributed by atoms with Gasteiger partial charge in [0.25, 0.3) is 5.91 Å². The van der Waals surface area contributed by atoms with E-state index in [9.17, 15) is 24.0 Å². The highest BCUT2D eigenvalue weighted by Gasteiger charge is 2.58. The highest BCUT2D eigenvalue weighted by Crippen LogP contribution is 2.38. The Morgan fingerprint density at radius 2 is 1.70 bits per heavy atom. The Morgan fingerprint density at radius 3 is 2.23 bits per heavy atom. The summed E-state index contributed by atoms with van der Waals surface area (Å²) in [6, 6.07) is -3.33. The molecule has 226 valence electrons. The summed E-state index contributed by atoms with van der Waals surface area (Å²) >= 11 is 0. The predicted molar refractivity (Wildman–Crippen MR) is 147 cm³/mol. The third-order valence-electron chi connectivity index (χ3n) is 6.41. The van der Waals surface area contributed by atoms with Crippen molar-refractivity contribution in [1.82, 2.24) is 20.9 Å². The second-order valence-electron chi connectivity index (χ2n) is 12.7. The minimum absolute atomic E-state index is 0.0276. The lowest BCUT2D eigenvalue weighted by molar-refractivity contribution is -0.171. The van der Waals surface area contributed by atoms with Crippen LogP contribution in [0, 0.1) is 5.41 Å². The molecule has 40 heavy (non-hydrogen) atoms. The molecule has 0 aromatic heterocycles. The van der Waals surface area contributed by atoms with E-state index >= 15 is 0 Å². The zero-order valence-electron chi connectivity index (χ0n) is 25.2. The van der Waals surface area contributed by atoms with Crippen molar-refractivity contribution in [2.24, 2.45) is 5.41 Å². The van der Waals surface area contributed by atoms with Crippen molar-refractivity contribution in [3.63, 3.8) is 0 Å². The van der Waals surface area contributed by atoms with Crippen LogP contribution in [0.5, 0.6) is 0 Å². The van der Waals surface area contributed by atoms with Crippen molar-refractivity contribution in [2.75, 3.05) is 13.1 Å². The first-order valence-electron chi connectivity index (χ1n) is 13.7. The van der Waals surface area contributed by atoms with Gasteiger partial charge in [-0.05, 0) is 46.5 Å². The Kier molecular flexibility index (Phi) is 10.5. The average molecular weight is 567 g/mol. The molecule has 2 heterocycles. The second-order valence-corrected chi connectivity index (χ2v) is 12.7. The van der Waals surface area contributed by atoms with Gasteiger partial charge in [-0.2, -0.15) is 0 Å². The Morgan fingerprint density at radius 1 is 1.07 bits per heavy atom. The van der Waals surface area contributed by atoms with Crippen LogP contribution in [0.15, 0.2) is 12.7 Å². The summed E-state index contributed by atoms with van der Waals surface area (Å²) in [7, 11) is 0. The highest BCUT2D eigenvalue weighted by atomic mass is 16.8. The first-order chi connectivity index (χ1) is 18.3. The van der Waals surface area contributed by atoms with E-state index in [0.29, 0.717) is 6.42 Å². The van der Waals surface area contributed by atoms with Crippen LogP contribution >= 0.6 is 0 Å². The molecule has 12 heteroatoms. The first-order valence-corrected chi connectivity index (χ1v) is 13.7. The van der Waals surface area contributed by atoms with Crippen molar-refractivity contribution >= 4 is 29.6 Å². The fraction of sp³-hybridized carbons (Fsp3) is 0.750. The molecule has 2 fully saturated rings. The molecule has 0 spiro atoms. The number of alkyl carbamates (subject to hydrolysis) is 1. The predicted octanol–water partition coefficient (Wildman–Crippen LogP) is 1.81. The van der Waals surface area contributed by atoms with Crippen molar-refractivity contribution in [1.29, 1.82) is 0 Å². The van der Waals surface area contributed by atoms with Gasteiger partial charge in [0.05, 0.1) is 12.6 Å². The maximum Gasteiger partial charge on any atom is 0.408 e. The summed E-state index contributed by atoms with van der Waals surface area (Å²) in [5.41, 5.74) is -1.54. The molecule has 1 unspecified atom stereocenters. The molecule has 0 aromatic carbocycles. The maximum absolute atomic E-state index is 14.0. The molecule has 0 aromatic rings. The minimum atomic E-state index is -1.17. The summed E-state index contributed by atoms with van der Waals surface area (Å²) in [5.74, 6) is -3.82. The van der Waals surface area contributed by atoms with E-state index in [1.165, 1.54) is 11.0 Å². The van der Waals surface area contributed by atoms with E-state index in [1.54, 1.807) is 55.4 Å². The number of ether oxygens (including phenoxy) is 3. The summed E-state index contributed by atoms with van der Waals surface area (Å²) in [6.07, 6.45) is -0.0376. The van der Waals surface area contributed by atoms with Gasteiger partial charge in [0.15, 0.2) is 5.79 Å². The van der Waals surface area contributed by atoms with Gasteiger partial charge in [0.1, 0.15) is 29.9 Å². The molecule has 3 N–H and O–H groups in total. The van der Waals surface area contributed by atoms with Crippen LogP contribution in [0.2, 0.25) is 0 Å². The van der Waals surface area contributed by atoms with Gasteiger partial charge >= 0.3 is 6.09 Å². The van der Waals surface area contributed by atoms with Crippen molar-refractivity contribution in [3.05, 3.63) is 12.7 Å². The summed E-state index contributed by atoms with van der Waals surface area (Å²) in [6.45, 7) is 19.4. The van der Waals surface area contributed by atoms with Crippen LogP contribution in [0.3, 0.4) is 0 Å².